The Morgan fingerprint density at radius 1 is 0.720 bits per heavy atom. The van der Waals surface area contributed by atoms with E-state index in [9.17, 15) is 0 Å². The van der Waals surface area contributed by atoms with Crippen molar-refractivity contribution >= 4 is 11.4 Å². The van der Waals surface area contributed by atoms with Crippen LogP contribution in [0.4, 0.5) is 11.4 Å². The highest BCUT2D eigenvalue weighted by Crippen LogP contribution is 2.31. The number of benzene rings is 2. The Morgan fingerprint density at radius 3 is 1.48 bits per heavy atom. The Hall–Kier alpha value is -2.04. The van der Waals surface area contributed by atoms with E-state index in [0.717, 1.165) is 26.3 Å². The Bertz CT molecular complexity index is 607. The summed E-state index contributed by atoms with van der Waals surface area (Å²) < 4.78 is 5.57. The summed E-state index contributed by atoms with van der Waals surface area (Å²) in [6.45, 7) is 3.55. The lowest BCUT2D eigenvalue weighted by Crippen LogP contribution is -2.39. The summed E-state index contributed by atoms with van der Waals surface area (Å²) in [5, 5.41) is 0. The van der Waals surface area contributed by atoms with Gasteiger partial charge in [0.25, 0.3) is 0 Å². The van der Waals surface area contributed by atoms with Gasteiger partial charge in [-0.3, -0.25) is 4.90 Å². The highest BCUT2D eigenvalue weighted by molar-refractivity contribution is 5.50. The average Bonchev–Trinajstić information content (AvgIpc) is 2.64. The third-order valence-electron chi connectivity index (χ3n) is 4.86. The number of nitrogens with zero attached hydrogens (tertiary/aromatic N) is 3. The van der Waals surface area contributed by atoms with Crippen LogP contribution < -0.4 is 9.80 Å². The number of anilines is 2. The third kappa shape index (κ3) is 4.14. The van der Waals surface area contributed by atoms with Gasteiger partial charge in [-0.1, -0.05) is 24.3 Å². The molecular formula is C21H29N3O. The first-order valence-corrected chi connectivity index (χ1v) is 8.92. The molecule has 1 heterocycles. The number of ether oxygens (including phenoxy) is 1. The van der Waals surface area contributed by atoms with Crippen LogP contribution in [0.5, 0.6) is 0 Å². The van der Waals surface area contributed by atoms with Gasteiger partial charge in [0.05, 0.1) is 19.3 Å². The number of rotatable bonds is 5. The zero-order valence-corrected chi connectivity index (χ0v) is 15.8. The Labute approximate surface area is 151 Å². The molecule has 0 N–H and O–H groups in total. The van der Waals surface area contributed by atoms with E-state index in [4.69, 9.17) is 4.74 Å². The average molecular weight is 339 g/mol. The number of morpholine rings is 1. The number of hydrogen-bond acceptors (Lipinski definition) is 4. The van der Waals surface area contributed by atoms with E-state index >= 15 is 0 Å². The quantitative estimate of drug-likeness (QED) is 0.832. The van der Waals surface area contributed by atoms with Gasteiger partial charge >= 0.3 is 0 Å². The molecule has 0 bridgehead atoms. The van der Waals surface area contributed by atoms with Crippen molar-refractivity contribution in [1.29, 1.82) is 0 Å². The van der Waals surface area contributed by atoms with Crippen LogP contribution in [-0.4, -0.2) is 59.4 Å². The van der Waals surface area contributed by atoms with E-state index in [2.05, 4.69) is 91.4 Å². The van der Waals surface area contributed by atoms with Crippen molar-refractivity contribution in [1.82, 2.24) is 4.90 Å². The molecule has 2 aromatic rings. The van der Waals surface area contributed by atoms with Crippen molar-refractivity contribution in [3.8, 4) is 0 Å². The fraction of sp³-hybridized carbons (Fsp3) is 0.429. The topological polar surface area (TPSA) is 19.0 Å². The normalized spacial score (nSPS) is 15.4. The van der Waals surface area contributed by atoms with Crippen LogP contribution in [0.25, 0.3) is 0 Å². The molecule has 1 aliphatic heterocycles. The largest absolute Gasteiger partial charge is 0.379 e. The van der Waals surface area contributed by atoms with E-state index < -0.39 is 0 Å². The van der Waals surface area contributed by atoms with E-state index in [0.29, 0.717) is 0 Å². The molecule has 134 valence electrons. The molecule has 0 aromatic heterocycles. The predicted molar refractivity (Wildman–Crippen MR) is 106 cm³/mol. The van der Waals surface area contributed by atoms with Gasteiger partial charge in [-0.15, -0.1) is 0 Å². The van der Waals surface area contributed by atoms with Crippen LogP contribution in [0, 0.1) is 0 Å². The molecule has 4 heteroatoms. The molecule has 0 radical (unpaired) electrons. The molecule has 1 aliphatic rings. The van der Waals surface area contributed by atoms with E-state index in [1.165, 1.54) is 22.5 Å². The molecule has 0 unspecified atom stereocenters. The van der Waals surface area contributed by atoms with Gasteiger partial charge in [-0.25, -0.2) is 0 Å². The van der Waals surface area contributed by atoms with Crippen molar-refractivity contribution in [2.24, 2.45) is 0 Å². The zero-order valence-electron chi connectivity index (χ0n) is 15.8. The third-order valence-corrected chi connectivity index (χ3v) is 4.86. The summed E-state index contributed by atoms with van der Waals surface area (Å²) in [6.07, 6.45) is 0. The maximum absolute atomic E-state index is 5.57. The summed E-state index contributed by atoms with van der Waals surface area (Å²) >= 11 is 0. The van der Waals surface area contributed by atoms with E-state index in [1.807, 2.05) is 0 Å². The summed E-state index contributed by atoms with van der Waals surface area (Å²) in [6, 6.07) is 18.1. The minimum absolute atomic E-state index is 0.274. The van der Waals surface area contributed by atoms with Crippen LogP contribution in [0.1, 0.15) is 17.2 Å². The summed E-state index contributed by atoms with van der Waals surface area (Å²) in [7, 11) is 8.31. The van der Waals surface area contributed by atoms with Gasteiger partial charge in [-0.2, -0.15) is 0 Å². The van der Waals surface area contributed by atoms with Gasteiger partial charge in [0.2, 0.25) is 0 Å². The Balaban J connectivity index is 1.94. The first-order valence-electron chi connectivity index (χ1n) is 8.92. The van der Waals surface area contributed by atoms with Crippen molar-refractivity contribution in [2.75, 3.05) is 64.3 Å². The lowest BCUT2D eigenvalue weighted by molar-refractivity contribution is 0.0239. The molecule has 0 atom stereocenters. The smallest absolute Gasteiger partial charge is 0.0603 e. The van der Waals surface area contributed by atoms with Crippen LogP contribution in [0.3, 0.4) is 0 Å². The maximum Gasteiger partial charge on any atom is 0.0603 e. The molecular weight excluding hydrogens is 310 g/mol. The molecule has 25 heavy (non-hydrogen) atoms. The van der Waals surface area contributed by atoms with Crippen molar-refractivity contribution in [3.05, 3.63) is 59.7 Å². The van der Waals surface area contributed by atoms with Crippen LogP contribution in [0.2, 0.25) is 0 Å². The lowest BCUT2D eigenvalue weighted by Gasteiger charge is -2.35. The second-order valence-electron chi connectivity index (χ2n) is 7.02. The SMILES string of the molecule is CN(C)c1ccc(C(c2ccc(N(C)C)cc2)N2CCOCC2)cc1. The predicted octanol–water partition coefficient (Wildman–Crippen LogP) is 3.24. The van der Waals surface area contributed by atoms with Crippen molar-refractivity contribution in [3.63, 3.8) is 0 Å². The lowest BCUT2D eigenvalue weighted by atomic mass is 9.96. The molecule has 0 spiro atoms. The standard InChI is InChI=1S/C21H29N3O/c1-22(2)19-9-5-17(6-10-19)21(24-13-15-25-16-14-24)18-7-11-20(12-8-18)23(3)4/h5-12,21H,13-16H2,1-4H3. The minimum Gasteiger partial charge on any atom is -0.379 e. The first kappa shape index (κ1) is 17.8. The highest BCUT2D eigenvalue weighted by atomic mass is 16.5. The van der Waals surface area contributed by atoms with E-state index in [-0.39, 0.29) is 6.04 Å². The first-order chi connectivity index (χ1) is 12.1. The monoisotopic (exact) mass is 339 g/mol. The highest BCUT2D eigenvalue weighted by Gasteiger charge is 2.24. The van der Waals surface area contributed by atoms with Crippen LogP contribution in [-0.2, 0) is 4.74 Å². The van der Waals surface area contributed by atoms with Gasteiger partial charge in [0.15, 0.2) is 0 Å². The summed E-state index contributed by atoms with van der Waals surface area (Å²) in [4.78, 5) is 6.80. The second-order valence-corrected chi connectivity index (χ2v) is 7.02. The molecule has 0 aliphatic carbocycles. The molecule has 4 nitrogen and oxygen atoms in total. The van der Waals surface area contributed by atoms with Crippen molar-refractivity contribution in [2.45, 2.75) is 6.04 Å². The Morgan fingerprint density at radius 2 is 1.12 bits per heavy atom. The molecule has 2 aromatic carbocycles. The molecule has 0 saturated carbocycles. The zero-order chi connectivity index (χ0) is 17.8. The summed E-state index contributed by atoms with van der Waals surface area (Å²) in [5.41, 5.74) is 5.13. The second kappa shape index (κ2) is 7.89. The molecule has 3 rings (SSSR count). The van der Waals surface area contributed by atoms with Gasteiger partial charge in [0.1, 0.15) is 0 Å². The fourth-order valence-electron chi connectivity index (χ4n) is 3.36. The van der Waals surface area contributed by atoms with Gasteiger partial charge in [-0.05, 0) is 35.4 Å². The molecule has 1 saturated heterocycles. The maximum atomic E-state index is 5.57. The minimum atomic E-state index is 0.274. The molecule has 0 amide bonds. The van der Waals surface area contributed by atoms with Gasteiger partial charge in [0, 0.05) is 52.7 Å². The van der Waals surface area contributed by atoms with Crippen molar-refractivity contribution < 1.29 is 4.74 Å². The number of hydrogen-bond donors (Lipinski definition) is 0. The van der Waals surface area contributed by atoms with Gasteiger partial charge < -0.3 is 14.5 Å². The fourth-order valence-corrected chi connectivity index (χ4v) is 3.36. The summed E-state index contributed by atoms with van der Waals surface area (Å²) in [5.74, 6) is 0. The molecule has 1 fully saturated rings. The Kier molecular flexibility index (Phi) is 5.61. The van der Waals surface area contributed by atoms with Crippen LogP contribution in [0.15, 0.2) is 48.5 Å². The van der Waals surface area contributed by atoms with Crippen LogP contribution >= 0.6 is 0 Å². The van der Waals surface area contributed by atoms with E-state index in [1.54, 1.807) is 0 Å².